The number of carbonyl (C=O) groups is 1. The van der Waals surface area contributed by atoms with E-state index < -0.39 is 0 Å². The van der Waals surface area contributed by atoms with Gasteiger partial charge in [-0.2, -0.15) is 0 Å². The third-order valence-corrected chi connectivity index (χ3v) is 4.98. The average molecular weight is 362 g/mol. The minimum absolute atomic E-state index is 0.0977. The number of benzene rings is 1. The number of imidazole rings is 1. The first-order valence-corrected chi connectivity index (χ1v) is 9.21. The highest BCUT2D eigenvalue weighted by molar-refractivity contribution is 6.31. The Bertz CT molecular complexity index is 739. The quantitative estimate of drug-likeness (QED) is 0.754. The molecule has 0 fully saturated rings. The molecule has 1 unspecified atom stereocenters. The number of likely N-dealkylation sites (N-methyl/N-ethyl adjacent to an activating group) is 1. The molecule has 25 heavy (non-hydrogen) atoms. The number of carbonyl (C=O) groups excluding carboxylic acids is 1. The number of aromatic nitrogens is 2. The summed E-state index contributed by atoms with van der Waals surface area (Å²) in [6.45, 7) is 9.70. The molecule has 4 nitrogen and oxygen atoms in total. The second kappa shape index (κ2) is 8.63. The van der Waals surface area contributed by atoms with Gasteiger partial charge in [0, 0.05) is 24.5 Å². The Balaban J connectivity index is 0.000000186. The molecule has 0 N–H and O–H groups in total. The monoisotopic (exact) mass is 361 g/mol. The highest BCUT2D eigenvalue weighted by Gasteiger charge is 2.23. The van der Waals surface area contributed by atoms with Gasteiger partial charge in [0.05, 0.1) is 12.7 Å². The van der Waals surface area contributed by atoms with Crippen molar-refractivity contribution < 1.29 is 4.79 Å². The minimum atomic E-state index is 0.0977. The van der Waals surface area contributed by atoms with Crippen LogP contribution in [0.2, 0.25) is 5.02 Å². The fourth-order valence-corrected chi connectivity index (χ4v) is 3.18. The van der Waals surface area contributed by atoms with Crippen LogP contribution in [-0.4, -0.2) is 33.3 Å². The largest absolute Gasteiger partial charge is 0.323 e. The zero-order valence-electron chi connectivity index (χ0n) is 15.8. The van der Waals surface area contributed by atoms with E-state index >= 15 is 0 Å². The molecule has 0 saturated carbocycles. The summed E-state index contributed by atoms with van der Waals surface area (Å²) in [5, 5.41) is 0.900. The molecule has 1 atom stereocenters. The van der Waals surface area contributed by atoms with Gasteiger partial charge in [-0.3, -0.25) is 9.69 Å². The molecule has 0 radical (unpaired) electrons. The number of hydrogen-bond acceptors (Lipinski definition) is 3. The number of ketones is 1. The summed E-state index contributed by atoms with van der Waals surface area (Å²) < 4.78 is 2.03. The van der Waals surface area contributed by atoms with Crippen LogP contribution in [0.5, 0.6) is 0 Å². The fraction of sp³-hybridized carbons (Fsp3) is 0.500. The fourth-order valence-electron chi connectivity index (χ4n) is 2.97. The van der Waals surface area contributed by atoms with E-state index in [1.165, 1.54) is 11.1 Å². The Kier molecular flexibility index (Phi) is 6.79. The maximum atomic E-state index is 11.3. The molecule has 3 rings (SSSR count). The van der Waals surface area contributed by atoms with Crippen LogP contribution in [-0.2, 0) is 19.5 Å². The van der Waals surface area contributed by atoms with Crippen molar-refractivity contribution in [3.8, 4) is 0 Å². The van der Waals surface area contributed by atoms with Gasteiger partial charge < -0.3 is 4.57 Å². The van der Waals surface area contributed by atoms with E-state index in [2.05, 4.69) is 43.8 Å². The molecule has 1 aliphatic rings. The predicted octanol–water partition coefficient (Wildman–Crippen LogP) is 4.52. The van der Waals surface area contributed by atoms with Gasteiger partial charge in [0.25, 0.3) is 0 Å². The van der Waals surface area contributed by atoms with Crippen molar-refractivity contribution in [2.75, 3.05) is 7.05 Å². The van der Waals surface area contributed by atoms with Gasteiger partial charge in [0.15, 0.2) is 5.78 Å². The molecule has 1 aromatic heterocycles. The van der Waals surface area contributed by atoms with Crippen molar-refractivity contribution in [2.24, 2.45) is 0 Å². The molecule has 0 spiro atoms. The van der Waals surface area contributed by atoms with Crippen molar-refractivity contribution in [1.82, 2.24) is 14.5 Å². The van der Waals surface area contributed by atoms with E-state index in [-0.39, 0.29) is 5.78 Å². The number of hydrogen-bond donors (Lipinski definition) is 0. The first-order valence-electron chi connectivity index (χ1n) is 8.84. The zero-order chi connectivity index (χ0) is 18.6. The SMILES string of the molecule is CC(=O)c1cnc2n1CC(C)N(C)C2.CCCc1cc(C)ccc1Cl. The Morgan fingerprint density at radius 3 is 2.76 bits per heavy atom. The topological polar surface area (TPSA) is 38.1 Å². The van der Waals surface area contributed by atoms with Crippen molar-refractivity contribution in [3.05, 3.63) is 52.1 Å². The first-order chi connectivity index (χ1) is 11.8. The number of rotatable bonds is 3. The lowest BCUT2D eigenvalue weighted by atomic mass is 10.1. The van der Waals surface area contributed by atoms with Crippen LogP contribution in [0.1, 0.15) is 54.6 Å². The summed E-state index contributed by atoms with van der Waals surface area (Å²) in [5.41, 5.74) is 3.30. The number of halogens is 1. The van der Waals surface area contributed by atoms with E-state index in [1.54, 1.807) is 13.1 Å². The van der Waals surface area contributed by atoms with Crippen molar-refractivity contribution in [3.63, 3.8) is 0 Å². The summed E-state index contributed by atoms with van der Waals surface area (Å²) in [6, 6.07) is 6.64. The van der Waals surface area contributed by atoms with Gasteiger partial charge in [0.1, 0.15) is 11.5 Å². The molecule has 1 aromatic carbocycles. The third kappa shape index (κ3) is 4.93. The molecular formula is C20H28ClN3O. The Hall–Kier alpha value is -1.65. The van der Waals surface area contributed by atoms with Crippen LogP contribution in [0, 0.1) is 6.92 Å². The minimum Gasteiger partial charge on any atom is -0.323 e. The van der Waals surface area contributed by atoms with Gasteiger partial charge in [-0.1, -0.05) is 42.6 Å². The van der Waals surface area contributed by atoms with Gasteiger partial charge >= 0.3 is 0 Å². The van der Waals surface area contributed by atoms with E-state index in [0.717, 1.165) is 42.5 Å². The summed E-state index contributed by atoms with van der Waals surface area (Å²) in [4.78, 5) is 17.8. The third-order valence-electron chi connectivity index (χ3n) is 4.61. The highest BCUT2D eigenvalue weighted by Crippen LogP contribution is 2.19. The van der Waals surface area contributed by atoms with Gasteiger partial charge in [-0.25, -0.2) is 4.98 Å². The smallest absolute Gasteiger partial charge is 0.177 e. The summed E-state index contributed by atoms with van der Waals surface area (Å²) in [5.74, 6) is 1.09. The standard InChI is InChI=1S/C10H13Cl.C10H15N3O/c1-3-4-9-7-8(2)5-6-10(9)11;1-7-5-13-9(8(2)14)4-11-10(13)6-12(7)3/h5-7H,3-4H2,1-2H3;4,7H,5-6H2,1-3H3. The van der Waals surface area contributed by atoms with E-state index in [0.29, 0.717) is 6.04 Å². The predicted molar refractivity (Wildman–Crippen MR) is 103 cm³/mol. The molecule has 136 valence electrons. The molecule has 0 bridgehead atoms. The molecule has 1 aliphatic heterocycles. The molecular weight excluding hydrogens is 334 g/mol. The molecule has 5 heteroatoms. The zero-order valence-corrected chi connectivity index (χ0v) is 16.6. The van der Waals surface area contributed by atoms with Crippen molar-refractivity contribution in [1.29, 1.82) is 0 Å². The van der Waals surface area contributed by atoms with Crippen molar-refractivity contribution in [2.45, 2.75) is 59.7 Å². The summed E-state index contributed by atoms with van der Waals surface area (Å²) >= 11 is 5.97. The first kappa shape index (κ1) is 19.7. The van der Waals surface area contributed by atoms with Crippen LogP contribution in [0.4, 0.5) is 0 Å². The second-order valence-electron chi connectivity index (χ2n) is 6.84. The number of aryl methyl sites for hydroxylation is 2. The number of nitrogens with zero attached hydrogens (tertiary/aromatic N) is 3. The molecule has 0 saturated heterocycles. The van der Waals surface area contributed by atoms with Crippen LogP contribution in [0.25, 0.3) is 0 Å². The van der Waals surface area contributed by atoms with E-state index in [1.807, 2.05) is 16.7 Å². The summed E-state index contributed by atoms with van der Waals surface area (Å²) in [6.07, 6.45) is 3.92. The van der Waals surface area contributed by atoms with E-state index in [9.17, 15) is 4.79 Å². The molecule has 0 aliphatic carbocycles. The van der Waals surface area contributed by atoms with Crippen LogP contribution in [0.3, 0.4) is 0 Å². The summed E-state index contributed by atoms with van der Waals surface area (Å²) in [7, 11) is 2.08. The lowest BCUT2D eigenvalue weighted by Gasteiger charge is -2.31. The molecule has 0 amide bonds. The number of fused-ring (bicyclic) bond motifs is 1. The van der Waals surface area contributed by atoms with Crippen LogP contribution < -0.4 is 0 Å². The number of Topliss-reactive ketones (excluding diaryl/α,β-unsaturated/α-hetero) is 1. The lowest BCUT2D eigenvalue weighted by molar-refractivity contribution is 0.0997. The molecule has 2 aromatic rings. The Morgan fingerprint density at radius 1 is 1.40 bits per heavy atom. The van der Waals surface area contributed by atoms with E-state index in [4.69, 9.17) is 11.6 Å². The highest BCUT2D eigenvalue weighted by atomic mass is 35.5. The Labute approximate surface area is 155 Å². The maximum absolute atomic E-state index is 11.3. The van der Waals surface area contributed by atoms with Crippen LogP contribution >= 0.6 is 11.6 Å². The average Bonchev–Trinajstić information content (AvgIpc) is 2.95. The van der Waals surface area contributed by atoms with Gasteiger partial charge in [0.2, 0.25) is 0 Å². The maximum Gasteiger partial charge on any atom is 0.177 e. The Morgan fingerprint density at radius 2 is 2.12 bits per heavy atom. The van der Waals surface area contributed by atoms with Crippen LogP contribution in [0.15, 0.2) is 24.4 Å². The van der Waals surface area contributed by atoms with Crippen molar-refractivity contribution >= 4 is 17.4 Å². The van der Waals surface area contributed by atoms with Gasteiger partial charge in [-0.15, -0.1) is 0 Å². The second-order valence-corrected chi connectivity index (χ2v) is 7.24. The lowest BCUT2D eigenvalue weighted by Crippen LogP contribution is -2.39. The normalized spacial score (nSPS) is 16.8. The van der Waals surface area contributed by atoms with Gasteiger partial charge in [-0.05, 0) is 38.9 Å². The molecule has 2 heterocycles.